The smallest absolute Gasteiger partial charge is 0.405 e. The molecule has 1 amide bonds. The van der Waals surface area contributed by atoms with Crippen LogP contribution in [0.25, 0.3) is 0 Å². The number of ether oxygens (including phenoxy) is 2. The number of carbonyl (C=O) groups is 2. The molecule has 7 heteroatoms. The first kappa shape index (κ1) is 12.8. The molecular formula is C11H16N2O5. The summed E-state index contributed by atoms with van der Waals surface area (Å²) in [6, 6.07) is 0. The van der Waals surface area contributed by atoms with E-state index in [-0.39, 0.29) is 11.7 Å². The minimum atomic E-state index is -1.24. The van der Waals surface area contributed by atoms with Gasteiger partial charge in [-0.1, -0.05) is 0 Å². The molecule has 1 fully saturated rings. The van der Waals surface area contributed by atoms with E-state index in [1.165, 1.54) is 13.0 Å². The molecule has 100 valence electrons. The second-order valence-electron chi connectivity index (χ2n) is 4.40. The summed E-state index contributed by atoms with van der Waals surface area (Å²) in [5, 5.41) is 14.9. The molecule has 2 aliphatic heterocycles. The Hall–Kier alpha value is -1.60. The summed E-state index contributed by atoms with van der Waals surface area (Å²) in [4.78, 5) is 22.8. The van der Waals surface area contributed by atoms with Crippen LogP contribution in [0.3, 0.4) is 0 Å². The number of amides is 1. The molecule has 0 aromatic rings. The molecule has 3 N–H and O–H groups in total. The second kappa shape index (κ2) is 4.95. The zero-order valence-electron chi connectivity index (χ0n) is 10.1. The van der Waals surface area contributed by atoms with Crippen LogP contribution in [-0.2, 0) is 14.3 Å². The van der Waals surface area contributed by atoms with Crippen LogP contribution in [0.1, 0.15) is 19.8 Å². The number of piperidine rings is 1. The van der Waals surface area contributed by atoms with Gasteiger partial charge in [0.15, 0.2) is 0 Å². The Morgan fingerprint density at radius 2 is 2.17 bits per heavy atom. The SMILES string of the molecule is CC(O)OC(=O)OC1=CC(=O)NC12CCNCC2. The predicted molar refractivity (Wildman–Crippen MR) is 60.3 cm³/mol. The highest BCUT2D eigenvalue weighted by Crippen LogP contribution is 2.32. The van der Waals surface area contributed by atoms with Crippen LogP contribution in [0.5, 0.6) is 0 Å². The van der Waals surface area contributed by atoms with Crippen LogP contribution < -0.4 is 10.6 Å². The maximum absolute atomic E-state index is 11.4. The van der Waals surface area contributed by atoms with Gasteiger partial charge in [0.05, 0.1) is 0 Å². The third-order valence-electron chi connectivity index (χ3n) is 3.01. The summed E-state index contributed by atoms with van der Waals surface area (Å²) in [6.45, 7) is 2.76. The number of aliphatic hydroxyl groups excluding tert-OH is 1. The van der Waals surface area contributed by atoms with Crippen molar-refractivity contribution in [3.05, 3.63) is 11.8 Å². The van der Waals surface area contributed by atoms with Gasteiger partial charge in [-0.3, -0.25) is 4.79 Å². The third kappa shape index (κ3) is 2.62. The monoisotopic (exact) mass is 256 g/mol. The van der Waals surface area contributed by atoms with Crippen LogP contribution in [0.15, 0.2) is 11.8 Å². The number of aliphatic hydroxyl groups is 1. The molecule has 0 aromatic heterocycles. The molecule has 1 spiro atoms. The molecule has 2 heterocycles. The Morgan fingerprint density at radius 3 is 2.78 bits per heavy atom. The average Bonchev–Trinajstić information content (AvgIpc) is 2.54. The van der Waals surface area contributed by atoms with Crippen LogP contribution >= 0.6 is 0 Å². The van der Waals surface area contributed by atoms with E-state index in [4.69, 9.17) is 9.84 Å². The minimum Gasteiger partial charge on any atom is -0.405 e. The first-order chi connectivity index (χ1) is 8.52. The second-order valence-corrected chi connectivity index (χ2v) is 4.40. The normalized spacial score (nSPS) is 23.2. The van der Waals surface area contributed by atoms with E-state index in [0.717, 1.165) is 13.1 Å². The number of rotatable bonds is 2. The van der Waals surface area contributed by atoms with Crippen molar-refractivity contribution in [1.82, 2.24) is 10.6 Å². The molecule has 2 aliphatic rings. The summed E-state index contributed by atoms with van der Waals surface area (Å²) >= 11 is 0. The van der Waals surface area contributed by atoms with Crippen LogP contribution in [0.2, 0.25) is 0 Å². The predicted octanol–water partition coefficient (Wildman–Crippen LogP) is -0.386. The zero-order valence-corrected chi connectivity index (χ0v) is 10.1. The van der Waals surface area contributed by atoms with E-state index in [1.807, 2.05) is 0 Å². The van der Waals surface area contributed by atoms with Crippen molar-refractivity contribution in [2.45, 2.75) is 31.6 Å². The minimum absolute atomic E-state index is 0.264. The van der Waals surface area contributed by atoms with Crippen molar-refractivity contribution in [3.8, 4) is 0 Å². The largest absolute Gasteiger partial charge is 0.515 e. The standard InChI is InChI=1S/C11H16N2O5/c1-7(14)17-10(16)18-8-6-9(15)13-11(8)2-4-12-5-3-11/h6-7,12,14H,2-5H2,1H3,(H,13,15). The molecule has 0 bridgehead atoms. The van der Waals surface area contributed by atoms with Crippen LogP contribution in [-0.4, -0.2) is 42.1 Å². The lowest BCUT2D eigenvalue weighted by atomic mass is 9.88. The molecule has 0 aliphatic carbocycles. The van der Waals surface area contributed by atoms with Crippen molar-refractivity contribution in [3.63, 3.8) is 0 Å². The Morgan fingerprint density at radius 1 is 1.50 bits per heavy atom. The van der Waals surface area contributed by atoms with Gasteiger partial charge in [0.1, 0.15) is 11.3 Å². The molecule has 0 aromatic carbocycles. The maximum Gasteiger partial charge on any atom is 0.515 e. The lowest BCUT2D eigenvalue weighted by molar-refractivity contribution is -0.117. The summed E-state index contributed by atoms with van der Waals surface area (Å²) in [5.74, 6) is -0.0172. The van der Waals surface area contributed by atoms with Crippen molar-refractivity contribution in [2.24, 2.45) is 0 Å². The van der Waals surface area contributed by atoms with Crippen molar-refractivity contribution in [2.75, 3.05) is 13.1 Å². The van der Waals surface area contributed by atoms with E-state index in [0.29, 0.717) is 12.8 Å². The Balaban J connectivity index is 2.06. The van der Waals surface area contributed by atoms with Gasteiger partial charge in [0.2, 0.25) is 12.2 Å². The number of hydrogen-bond acceptors (Lipinski definition) is 6. The van der Waals surface area contributed by atoms with Crippen LogP contribution in [0, 0.1) is 0 Å². The molecule has 7 nitrogen and oxygen atoms in total. The molecule has 18 heavy (non-hydrogen) atoms. The maximum atomic E-state index is 11.4. The van der Waals surface area contributed by atoms with E-state index in [1.54, 1.807) is 0 Å². The molecule has 0 radical (unpaired) electrons. The highest BCUT2D eigenvalue weighted by Gasteiger charge is 2.44. The van der Waals surface area contributed by atoms with Gasteiger partial charge in [-0.25, -0.2) is 4.79 Å². The quantitative estimate of drug-likeness (QED) is 0.460. The average molecular weight is 256 g/mol. The number of carbonyl (C=O) groups excluding carboxylic acids is 2. The van der Waals surface area contributed by atoms with Gasteiger partial charge in [0, 0.05) is 6.08 Å². The highest BCUT2D eigenvalue weighted by atomic mass is 16.8. The first-order valence-corrected chi connectivity index (χ1v) is 5.83. The summed E-state index contributed by atoms with van der Waals surface area (Å²) in [7, 11) is 0. The molecule has 1 unspecified atom stereocenters. The summed E-state index contributed by atoms with van der Waals surface area (Å²) in [6.07, 6.45) is 0.297. The third-order valence-corrected chi connectivity index (χ3v) is 3.01. The summed E-state index contributed by atoms with van der Waals surface area (Å²) in [5.41, 5.74) is -0.625. The van der Waals surface area contributed by atoms with E-state index in [9.17, 15) is 9.59 Å². The van der Waals surface area contributed by atoms with E-state index < -0.39 is 18.0 Å². The van der Waals surface area contributed by atoms with Gasteiger partial charge in [-0.2, -0.15) is 0 Å². The highest BCUT2D eigenvalue weighted by molar-refractivity contribution is 5.93. The molecule has 2 rings (SSSR count). The van der Waals surface area contributed by atoms with Crippen molar-refractivity contribution >= 4 is 12.1 Å². The Labute approximate surface area is 104 Å². The Kier molecular flexibility index (Phi) is 3.53. The van der Waals surface area contributed by atoms with Gasteiger partial charge in [-0.05, 0) is 32.9 Å². The fourth-order valence-corrected chi connectivity index (χ4v) is 2.20. The van der Waals surface area contributed by atoms with Crippen LogP contribution in [0.4, 0.5) is 4.79 Å². The lowest BCUT2D eigenvalue weighted by Crippen LogP contribution is -2.52. The number of nitrogens with one attached hydrogen (secondary N) is 2. The zero-order chi connectivity index (χ0) is 13.2. The topological polar surface area (TPSA) is 96.9 Å². The van der Waals surface area contributed by atoms with Gasteiger partial charge in [0.25, 0.3) is 0 Å². The molecule has 0 saturated carbocycles. The molecule has 1 saturated heterocycles. The number of hydrogen-bond donors (Lipinski definition) is 3. The fraction of sp³-hybridized carbons (Fsp3) is 0.636. The fourth-order valence-electron chi connectivity index (χ4n) is 2.20. The van der Waals surface area contributed by atoms with Crippen molar-refractivity contribution in [1.29, 1.82) is 0 Å². The molecular weight excluding hydrogens is 240 g/mol. The lowest BCUT2D eigenvalue weighted by Gasteiger charge is -2.35. The first-order valence-electron chi connectivity index (χ1n) is 5.83. The summed E-state index contributed by atoms with van der Waals surface area (Å²) < 4.78 is 9.49. The van der Waals surface area contributed by atoms with E-state index in [2.05, 4.69) is 15.4 Å². The van der Waals surface area contributed by atoms with Gasteiger partial charge < -0.3 is 25.2 Å². The van der Waals surface area contributed by atoms with Gasteiger partial charge in [-0.15, -0.1) is 0 Å². The Bertz CT molecular complexity index is 385. The van der Waals surface area contributed by atoms with Gasteiger partial charge >= 0.3 is 6.16 Å². The molecule has 1 atom stereocenters. The van der Waals surface area contributed by atoms with Crippen molar-refractivity contribution < 1.29 is 24.2 Å². The van der Waals surface area contributed by atoms with E-state index >= 15 is 0 Å².